The summed E-state index contributed by atoms with van der Waals surface area (Å²) in [4.78, 5) is 23.7. The molecule has 118 valence electrons. The zero-order chi connectivity index (χ0) is 16.2. The van der Waals surface area contributed by atoms with Crippen LogP contribution in [0, 0.1) is 0 Å². The minimum absolute atomic E-state index is 0.126. The van der Waals surface area contributed by atoms with Gasteiger partial charge in [-0.1, -0.05) is 11.6 Å². The Balaban J connectivity index is 1.54. The molecular weight excluding hydrogens is 320 g/mol. The fourth-order valence-electron chi connectivity index (χ4n) is 2.04. The highest BCUT2D eigenvalue weighted by molar-refractivity contribution is 6.31. The van der Waals surface area contributed by atoms with Gasteiger partial charge in [0.2, 0.25) is 5.91 Å². The van der Waals surface area contributed by atoms with Gasteiger partial charge >= 0.3 is 0 Å². The van der Waals surface area contributed by atoms with Crippen molar-refractivity contribution in [3.63, 3.8) is 0 Å². The lowest BCUT2D eigenvalue weighted by Crippen LogP contribution is -2.36. The number of hydrogen-bond donors (Lipinski definition) is 2. The minimum atomic E-state index is -0.467. The van der Waals surface area contributed by atoms with Crippen molar-refractivity contribution in [3.05, 3.63) is 59.2 Å². The quantitative estimate of drug-likeness (QED) is 0.752. The van der Waals surface area contributed by atoms with Crippen molar-refractivity contribution < 1.29 is 18.4 Å². The third-order valence-electron chi connectivity index (χ3n) is 3.15. The van der Waals surface area contributed by atoms with Gasteiger partial charge in [0.25, 0.3) is 5.91 Å². The summed E-state index contributed by atoms with van der Waals surface area (Å²) in [6, 6.07) is 10.1. The number of benzene rings is 1. The summed E-state index contributed by atoms with van der Waals surface area (Å²) in [5, 5.41) is 6.41. The van der Waals surface area contributed by atoms with Crippen molar-refractivity contribution >= 4 is 34.4 Å². The molecule has 0 unspecified atom stereocenters. The molecule has 23 heavy (non-hydrogen) atoms. The molecule has 0 saturated carbocycles. The van der Waals surface area contributed by atoms with Crippen LogP contribution < -0.4 is 10.6 Å². The molecule has 0 saturated heterocycles. The summed E-state index contributed by atoms with van der Waals surface area (Å²) in [7, 11) is 0. The van der Waals surface area contributed by atoms with Crippen LogP contribution in [0.1, 0.15) is 16.3 Å². The smallest absolute Gasteiger partial charge is 0.287 e. The molecule has 0 spiro atoms. The summed E-state index contributed by atoms with van der Waals surface area (Å²) in [5.41, 5.74) is 0.557. The highest BCUT2D eigenvalue weighted by atomic mass is 35.5. The number of carbonyl (C=O) groups is 2. The third-order valence-corrected chi connectivity index (χ3v) is 3.39. The number of hydrogen-bond acceptors (Lipinski definition) is 4. The van der Waals surface area contributed by atoms with Crippen molar-refractivity contribution in [2.45, 2.75) is 6.54 Å². The van der Waals surface area contributed by atoms with Crippen molar-refractivity contribution in [1.82, 2.24) is 10.6 Å². The van der Waals surface area contributed by atoms with E-state index in [-0.39, 0.29) is 24.8 Å². The van der Waals surface area contributed by atoms with E-state index < -0.39 is 5.91 Å². The Morgan fingerprint density at radius 2 is 2.00 bits per heavy atom. The van der Waals surface area contributed by atoms with Gasteiger partial charge in [0, 0.05) is 10.4 Å². The van der Waals surface area contributed by atoms with E-state index >= 15 is 0 Å². The Morgan fingerprint density at radius 1 is 1.13 bits per heavy atom. The average molecular weight is 333 g/mol. The van der Waals surface area contributed by atoms with Gasteiger partial charge in [-0.25, -0.2) is 0 Å². The van der Waals surface area contributed by atoms with Gasteiger partial charge in [0.15, 0.2) is 5.76 Å². The van der Waals surface area contributed by atoms with Crippen molar-refractivity contribution in [2.24, 2.45) is 0 Å². The van der Waals surface area contributed by atoms with E-state index in [4.69, 9.17) is 20.4 Å². The third kappa shape index (κ3) is 3.73. The molecule has 0 bridgehead atoms. The van der Waals surface area contributed by atoms with E-state index in [1.54, 1.807) is 36.4 Å². The first-order chi connectivity index (χ1) is 11.1. The van der Waals surface area contributed by atoms with E-state index in [1.165, 1.54) is 6.26 Å². The van der Waals surface area contributed by atoms with Gasteiger partial charge in [0.1, 0.15) is 11.3 Å². The van der Waals surface area contributed by atoms with E-state index in [0.717, 1.165) is 5.39 Å². The molecular formula is C16H13ClN2O4. The number of halogens is 1. The van der Waals surface area contributed by atoms with Crippen LogP contribution in [0.5, 0.6) is 0 Å². The van der Waals surface area contributed by atoms with E-state index in [0.29, 0.717) is 16.4 Å². The fourth-order valence-corrected chi connectivity index (χ4v) is 2.22. The van der Waals surface area contributed by atoms with Crippen LogP contribution in [0.25, 0.3) is 11.0 Å². The Bertz CT molecular complexity index is 839. The van der Waals surface area contributed by atoms with Gasteiger partial charge in [-0.3, -0.25) is 9.59 Å². The van der Waals surface area contributed by atoms with Crippen LogP contribution in [0.3, 0.4) is 0 Å². The SMILES string of the molecule is O=C(CNC(=O)c1cc2cc(Cl)ccc2o1)NCc1ccco1. The van der Waals surface area contributed by atoms with Gasteiger partial charge in [-0.15, -0.1) is 0 Å². The summed E-state index contributed by atoms with van der Waals surface area (Å²) >= 11 is 5.88. The highest BCUT2D eigenvalue weighted by Crippen LogP contribution is 2.22. The lowest BCUT2D eigenvalue weighted by molar-refractivity contribution is -0.120. The Labute approximate surface area is 136 Å². The second-order valence-electron chi connectivity index (χ2n) is 4.83. The summed E-state index contributed by atoms with van der Waals surface area (Å²) in [6.07, 6.45) is 1.52. The van der Waals surface area contributed by atoms with Crippen LogP contribution in [-0.2, 0) is 11.3 Å². The standard InChI is InChI=1S/C16H13ClN2O4/c17-11-3-4-13-10(6-11)7-14(23-13)16(21)19-9-15(20)18-8-12-2-1-5-22-12/h1-7H,8-9H2,(H,18,20)(H,19,21). The predicted molar refractivity (Wildman–Crippen MR) is 84.1 cm³/mol. The normalized spacial score (nSPS) is 10.7. The number of fused-ring (bicyclic) bond motifs is 1. The van der Waals surface area contributed by atoms with Gasteiger partial charge < -0.3 is 19.5 Å². The number of furan rings is 2. The lowest BCUT2D eigenvalue weighted by Gasteiger charge is -2.04. The van der Waals surface area contributed by atoms with E-state index in [2.05, 4.69) is 10.6 Å². The Hall–Kier alpha value is -2.73. The number of carbonyl (C=O) groups excluding carboxylic acids is 2. The Kier molecular flexibility index (Phi) is 4.34. The maximum atomic E-state index is 12.0. The van der Waals surface area contributed by atoms with Crippen LogP contribution in [0.4, 0.5) is 0 Å². The maximum absolute atomic E-state index is 12.0. The fraction of sp³-hybridized carbons (Fsp3) is 0.125. The molecule has 0 fully saturated rings. The van der Waals surface area contributed by atoms with Gasteiger partial charge in [-0.05, 0) is 36.4 Å². The number of amides is 2. The number of rotatable bonds is 5. The minimum Gasteiger partial charge on any atom is -0.467 e. The largest absolute Gasteiger partial charge is 0.467 e. The average Bonchev–Trinajstić information content (AvgIpc) is 3.19. The summed E-state index contributed by atoms with van der Waals surface area (Å²) in [6.45, 7) is 0.113. The maximum Gasteiger partial charge on any atom is 0.287 e. The monoisotopic (exact) mass is 332 g/mol. The van der Waals surface area contributed by atoms with Crippen LogP contribution >= 0.6 is 11.6 Å². The molecule has 2 N–H and O–H groups in total. The van der Waals surface area contributed by atoms with Crippen molar-refractivity contribution in [3.8, 4) is 0 Å². The van der Waals surface area contributed by atoms with E-state index in [1.807, 2.05) is 0 Å². The Morgan fingerprint density at radius 3 is 2.78 bits per heavy atom. The highest BCUT2D eigenvalue weighted by Gasteiger charge is 2.13. The second-order valence-corrected chi connectivity index (χ2v) is 5.27. The summed E-state index contributed by atoms with van der Waals surface area (Å²) in [5.74, 6) is -0.0284. The van der Waals surface area contributed by atoms with Gasteiger partial charge in [0.05, 0.1) is 19.4 Å². The molecule has 0 aliphatic heterocycles. The molecule has 0 aliphatic carbocycles. The lowest BCUT2D eigenvalue weighted by atomic mass is 10.2. The molecule has 0 aliphatic rings. The van der Waals surface area contributed by atoms with Crippen molar-refractivity contribution in [2.75, 3.05) is 6.54 Å². The number of nitrogens with one attached hydrogen (secondary N) is 2. The molecule has 6 nitrogen and oxygen atoms in total. The molecule has 3 aromatic rings. The summed E-state index contributed by atoms with van der Waals surface area (Å²) < 4.78 is 10.5. The first kappa shape index (κ1) is 15.2. The van der Waals surface area contributed by atoms with E-state index in [9.17, 15) is 9.59 Å². The van der Waals surface area contributed by atoms with Crippen LogP contribution in [0.2, 0.25) is 5.02 Å². The zero-order valence-corrected chi connectivity index (χ0v) is 12.7. The van der Waals surface area contributed by atoms with Crippen LogP contribution in [0.15, 0.2) is 51.5 Å². The molecule has 2 amide bonds. The van der Waals surface area contributed by atoms with Crippen molar-refractivity contribution in [1.29, 1.82) is 0 Å². The van der Waals surface area contributed by atoms with Gasteiger partial charge in [-0.2, -0.15) is 0 Å². The predicted octanol–water partition coefficient (Wildman–Crippen LogP) is 2.73. The molecule has 2 aromatic heterocycles. The zero-order valence-electron chi connectivity index (χ0n) is 12.0. The molecule has 7 heteroatoms. The topological polar surface area (TPSA) is 84.5 Å². The second kappa shape index (κ2) is 6.58. The molecule has 3 rings (SSSR count). The first-order valence-corrected chi connectivity index (χ1v) is 7.26. The first-order valence-electron chi connectivity index (χ1n) is 6.88. The molecule has 2 heterocycles. The molecule has 1 aromatic carbocycles. The van der Waals surface area contributed by atoms with Crippen LogP contribution in [-0.4, -0.2) is 18.4 Å². The molecule has 0 atom stereocenters. The molecule has 0 radical (unpaired) electrons.